The van der Waals surface area contributed by atoms with Crippen molar-refractivity contribution >= 4 is 11.8 Å². The van der Waals surface area contributed by atoms with Crippen molar-refractivity contribution in [2.45, 2.75) is 20.3 Å². The number of carbonyl (C=O) groups is 1. The Morgan fingerprint density at radius 1 is 1.35 bits per heavy atom. The zero-order chi connectivity index (χ0) is 14.7. The molecule has 1 heterocycles. The number of anilines is 1. The maximum Gasteiger partial charge on any atom is 0.360 e. The van der Waals surface area contributed by atoms with Crippen LogP contribution in [0.4, 0.5) is 10.2 Å². The predicted molar refractivity (Wildman–Crippen MR) is 73.3 cm³/mol. The SMILES string of the molecule is CCOC(=O)c1nc(CC)n(-c2ccc(F)cc2)c1N. The molecule has 0 spiro atoms. The Bertz CT molecular complexity index is 620. The molecule has 2 aromatic rings. The number of benzene rings is 1. The summed E-state index contributed by atoms with van der Waals surface area (Å²) in [6, 6.07) is 5.83. The molecular weight excluding hydrogens is 261 g/mol. The second kappa shape index (κ2) is 5.73. The largest absolute Gasteiger partial charge is 0.461 e. The van der Waals surface area contributed by atoms with Crippen LogP contribution < -0.4 is 5.73 Å². The van der Waals surface area contributed by atoms with Crippen LogP contribution in [-0.2, 0) is 11.2 Å². The highest BCUT2D eigenvalue weighted by Crippen LogP contribution is 2.22. The molecule has 0 saturated heterocycles. The molecule has 106 valence electrons. The Morgan fingerprint density at radius 2 is 2.00 bits per heavy atom. The van der Waals surface area contributed by atoms with Crippen molar-refractivity contribution in [1.82, 2.24) is 9.55 Å². The number of aromatic nitrogens is 2. The summed E-state index contributed by atoms with van der Waals surface area (Å²) in [6.45, 7) is 3.87. The Labute approximate surface area is 116 Å². The molecular formula is C14H16FN3O2. The minimum absolute atomic E-state index is 0.0908. The van der Waals surface area contributed by atoms with Crippen LogP contribution in [0.15, 0.2) is 24.3 Å². The molecule has 5 nitrogen and oxygen atoms in total. The summed E-state index contributed by atoms with van der Waals surface area (Å²) in [4.78, 5) is 16.0. The number of halogens is 1. The van der Waals surface area contributed by atoms with E-state index in [1.54, 1.807) is 23.6 Å². The van der Waals surface area contributed by atoms with Crippen molar-refractivity contribution in [1.29, 1.82) is 0 Å². The van der Waals surface area contributed by atoms with Gasteiger partial charge in [0.1, 0.15) is 17.5 Å². The number of hydrogen-bond acceptors (Lipinski definition) is 4. The van der Waals surface area contributed by atoms with Gasteiger partial charge in [-0.15, -0.1) is 0 Å². The number of nitrogen functional groups attached to an aromatic ring is 1. The van der Waals surface area contributed by atoms with Gasteiger partial charge in [0.2, 0.25) is 0 Å². The van der Waals surface area contributed by atoms with Gasteiger partial charge in [-0.25, -0.2) is 14.2 Å². The molecule has 0 fully saturated rings. The van der Waals surface area contributed by atoms with E-state index in [1.165, 1.54) is 12.1 Å². The minimum Gasteiger partial charge on any atom is -0.461 e. The van der Waals surface area contributed by atoms with Gasteiger partial charge in [0.05, 0.1) is 6.61 Å². The van der Waals surface area contributed by atoms with Gasteiger partial charge in [0, 0.05) is 12.1 Å². The summed E-state index contributed by atoms with van der Waals surface area (Å²) >= 11 is 0. The average Bonchev–Trinajstić information content (AvgIpc) is 2.77. The standard InChI is InChI=1S/C14H16FN3O2/c1-3-11-17-12(14(19)20-4-2)13(16)18(11)10-7-5-9(15)6-8-10/h5-8H,3-4,16H2,1-2H3. The molecule has 20 heavy (non-hydrogen) atoms. The van der Waals surface area contributed by atoms with E-state index in [4.69, 9.17) is 10.5 Å². The average molecular weight is 277 g/mol. The lowest BCUT2D eigenvalue weighted by Gasteiger charge is -2.08. The van der Waals surface area contributed by atoms with Crippen molar-refractivity contribution in [2.24, 2.45) is 0 Å². The lowest BCUT2D eigenvalue weighted by Crippen LogP contribution is -2.09. The highest BCUT2D eigenvalue weighted by molar-refractivity contribution is 5.92. The van der Waals surface area contributed by atoms with Crippen LogP contribution in [0.3, 0.4) is 0 Å². The molecule has 0 saturated carbocycles. The molecule has 0 bridgehead atoms. The van der Waals surface area contributed by atoms with Crippen molar-refractivity contribution in [3.63, 3.8) is 0 Å². The van der Waals surface area contributed by atoms with Gasteiger partial charge in [0.15, 0.2) is 5.69 Å². The van der Waals surface area contributed by atoms with E-state index in [-0.39, 0.29) is 23.9 Å². The van der Waals surface area contributed by atoms with Crippen LogP contribution in [0, 0.1) is 5.82 Å². The fourth-order valence-electron chi connectivity index (χ4n) is 1.95. The molecule has 2 N–H and O–H groups in total. The Kier molecular flexibility index (Phi) is 4.02. The fraction of sp³-hybridized carbons (Fsp3) is 0.286. The number of aryl methyl sites for hydroxylation is 1. The first-order valence-corrected chi connectivity index (χ1v) is 6.38. The fourth-order valence-corrected chi connectivity index (χ4v) is 1.95. The van der Waals surface area contributed by atoms with Gasteiger partial charge in [-0.2, -0.15) is 0 Å². The van der Waals surface area contributed by atoms with Gasteiger partial charge >= 0.3 is 5.97 Å². The first-order valence-electron chi connectivity index (χ1n) is 6.38. The first kappa shape index (κ1) is 14.0. The van der Waals surface area contributed by atoms with E-state index in [9.17, 15) is 9.18 Å². The molecule has 0 aliphatic heterocycles. The summed E-state index contributed by atoms with van der Waals surface area (Å²) in [5, 5.41) is 0. The number of carbonyl (C=O) groups excluding carboxylic acids is 1. The molecule has 1 aromatic heterocycles. The maximum atomic E-state index is 13.0. The van der Waals surface area contributed by atoms with E-state index in [1.807, 2.05) is 6.92 Å². The molecule has 6 heteroatoms. The number of rotatable bonds is 4. The third-order valence-electron chi connectivity index (χ3n) is 2.85. The minimum atomic E-state index is -0.555. The Morgan fingerprint density at radius 3 is 2.55 bits per heavy atom. The summed E-state index contributed by atoms with van der Waals surface area (Å²) in [7, 11) is 0. The summed E-state index contributed by atoms with van der Waals surface area (Å²) < 4.78 is 19.5. The second-order valence-electron chi connectivity index (χ2n) is 4.15. The molecule has 0 aliphatic carbocycles. The normalized spacial score (nSPS) is 10.6. The van der Waals surface area contributed by atoms with E-state index >= 15 is 0 Å². The van der Waals surface area contributed by atoms with E-state index in [0.717, 1.165) is 0 Å². The molecule has 0 atom stereocenters. The van der Waals surface area contributed by atoms with E-state index in [0.29, 0.717) is 17.9 Å². The number of nitrogens with zero attached hydrogens (tertiary/aromatic N) is 2. The number of hydrogen-bond donors (Lipinski definition) is 1. The van der Waals surface area contributed by atoms with Crippen molar-refractivity contribution in [3.05, 3.63) is 41.6 Å². The van der Waals surface area contributed by atoms with Gasteiger partial charge in [-0.05, 0) is 31.2 Å². The van der Waals surface area contributed by atoms with Crippen LogP contribution in [0.2, 0.25) is 0 Å². The zero-order valence-electron chi connectivity index (χ0n) is 11.4. The Balaban J connectivity index is 2.52. The van der Waals surface area contributed by atoms with Crippen molar-refractivity contribution < 1.29 is 13.9 Å². The van der Waals surface area contributed by atoms with Gasteiger partial charge in [-0.1, -0.05) is 6.92 Å². The predicted octanol–water partition coefficient (Wildman–Crippen LogP) is 2.33. The topological polar surface area (TPSA) is 70.1 Å². The first-order chi connectivity index (χ1) is 9.58. The third kappa shape index (κ3) is 2.49. The molecule has 0 aliphatic rings. The quantitative estimate of drug-likeness (QED) is 0.871. The number of esters is 1. The van der Waals surface area contributed by atoms with Crippen LogP contribution in [0.25, 0.3) is 5.69 Å². The highest BCUT2D eigenvalue weighted by atomic mass is 19.1. The van der Waals surface area contributed by atoms with E-state index in [2.05, 4.69) is 4.98 Å². The van der Waals surface area contributed by atoms with E-state index < -0.39 is 5.97 Å². The van der Waals surface area contributed by atoms with Crippen LogP contribution >= 0.6 is 0 Å². The van der Waals surface area contributed by atoms with Crippen LogP contribution in [-0.4, -0.2) is 22.1 Å². The van der Waals surface area contributed by atoms with Gasteiger partial charge in [0.25, 0.3) is 0 Å². The van der Waals surface area contributed by atoms with Crippen molar-refractivity contribution in [2.75, 3.05) is 12.3 Å². The number of ether oxygens (including phenoxy) is 1. The van der Waals surface area contributed by atoms with Crippen LogP contribution in [0.5, 0.6) is 0 Å². The lowest BCUT2D eigenvalue weighted by molar-refractivity contribution is 0.0521. The molecule has 0 radical (unpaired) electrons. The summed E-state index contributed by atoms with van der Waals surface area (Å²) in [5.41, 5.74) is 6.73. The zero-order valence-corrected chi connectivity index (χ0v) is 11.4. The lowest BCUT2D eigenvalue weighted by atomic mass is 10.3. The monoisotopic (exact) mass is 277 g/mol. The van der Waals surface area contributed by atoms with Gasteiger partial charge < -0.3 is 10.5 Å². The maximum absolute atomic E-state index is 13.0. The second-order valence-corrected chi connectivity index (χ2v) is 4.15. The summed E-state index contributed by atoms with van der Waals surface area (Å²) in [5.74, 6) is -0.0688. The molecule has 0 amide bonds. The molecule has 0 unspecified atom stereocenters. The smallest absolute Gasteiger partial charge is 0.360 e. The third-order valence-corrected chi connectivity index (χ3v) is 2.85. The Hall–Kier alpha value is -2.37. The number of imidazole rings is 1. The molecule has 1 aromatic carbocycles. The summed E-state index contributed by atoms with van der Waals surface area (Å²) in [6.07, 6.45) is 0.584. The van der Waals surface area contributed by atoms with Crippen LogP contribution in [0.1, 0.15) is 30.2 Å². The molecule has 2 rings (SSSR count). The number of nitrogens with two attached hydrogens (primary N) is 1. The van der Waals surface area contributed by atoms with Gasteiger partial charge in [-0.3, -0.25) is 4.57 Å². The van der Waals surface area contributed by atoms with Crippen molar-refractivity contribution in [3.8, 4) is 5.69 Å². The highest BCUT2D eigenvalue weighted by Gasteiger charge is 2.21.